The van der Waals surface area contributed by atoms with Crippen LogP contribution in [0.25, 0.3) is 0 Å². The molecule has 0 spiro atoms. The largest absolute Gasteiger partial charge is 0.480 e. The smallest absolute Gasteiger partial charge is 0.322 e. The molecule has 29 heavy (non-hydrogen) atoms. The number of carboxylic acids is 1. The molecule has 0 radical (unpaired) electrons. The number of hydrogen-bond acceptors (Lipinski definition) is 6. The number of aliphatic hydroxyl groups is 1. The number of rotatable bonds is 9. The first kappa shape index (κ1) is 22.3. The van der Waals surface area contributed by atoms with E-state index in [9.17, 15) is 19.2 Å². The van der Waals surface area contributed by atoms with Crippen LogP contribution in [0.3, 0.4) is 0 Å². The monoisotopic (exact) mass is 406 g/mol. The Morgan fingerprint density at radius 1 is 1.21 bits per heavy atom. The third-order valence-electron chi connectivity index (χ3n) is 4.68. The summed E-state index contributed by atoms with van der Waals surface area (Å²) in [4.78, 5) is 49.7. The Morgan fingerprint density at radius 3 is 2.52 bits per heavy atom. The van der Waals surface area contributed by atoms with E-state index in [4.69, 9.17) is 15.9 Å². The van der Waals surface area contributed by atoms with Gasteiger partial charge in [-0.1, -0.05) is 30.3 Å². The summed E-state index contributed by atoms with van der Waals surface area (Å²) in [5, 5.41) is 22.7. The molecule has 2 rings (SSSR count). The van der Waals surface area contributed by atoms with E-state index in [1.54, 1.807) is 24.3 Å². The van der Waals surface area contributed by atoms with Crippen LogP contribution in [0.1, 0.15) is 18.4 Å². The maximum atomic E-state index is 13.2. The van der Waals surface area contributed by atoms with Crippen molar-refractivity contribution >= 4 is 23.7 Å². The van der Waals surface area contributed by atoms with E-state index in [0.29, 0.717) is 19.4 Å². The number of likely N-dealkylation sites (tertiary alicyclic amines) is 1. The molecule has 0 saturated carbocycles. The van der Waals surface area contributed by atoms with Crippen molar-refractivity contribution in [2.75, 3.05) is 19.7 Å². The number of nitrogens with two attached hydrogens (primary N) is 1. The van der Waals surface area contributed by atoms with Gasteiger partial charge in [-0.15, -0.1) is 0 Å². The molecule has 0 aliphatic carbocycles. The first-order chi connectivity index (χ1) is 13.8. The van der Waals surface area contributed by atoms with Crippen molar-refractivity contribution in [3.05, 3.63) is 35.9 Å². The summed E-state index contributed by atoms with van der Waals surface area (Å²) in [5.74, 6) is -2.86. The highest BCUT2D eigenvalue weighted by molar-refractivity contribution is 5.94. The summed E-state index contributed by atoms with van der Waals surface area (Å²) in [7, 11) is 0. The fraction of sp³-hybridized carbons (Fsp3) is 0.474. The first-order valence-corrected chi connectivity index (χ1v) is 9.34. The topological polar surface area (TPSA) is 162 Å². The standard InChI is InChI=1S/C19H26N4O6/c20-13(11-24)17(27)22-14(9-12-5-2-1-3-6-12)19(29)23-8-4-7-15(23)18(28)21-10-16(25)26/h1-3,5-6,13-15,24H,4,7-11,20H2,(H,21,28)(H,22,27)(H,25,26). The zero-order chi connectivity index (χ0) is 21.4. The lowest BCUT2D eigenvalue weighted by Crippen LogP contribution is -2.57. The van der Waals surface area contributed by atoms with Crippen molar-refractivity contribution in [3.63, 3.8) is 0 Å². The van der Waals surface area contributed by atoms with Gasteiger partial charge in [0, 0.05) is 13.0 Å². The number of hydrogen-bond donors (Lipinski definition) is 5. The zero-order valence-corrected chi connectivity index (χ0v) is 15.9. The van der Waals surface area contributed by atoms with Gasteiger partial charge in [-0.05, 0) is 18.4 Å². The summed E-state index contributed by atoms with van der Waals surface area (Å²) < 4.78 is 0. The minimum Gasteiger partial charge on any atom is -0.480 e. The molecule has 1 aromatic rings. The number of carboxylic acid groups (broad SMARTS) is 1. The maximum Gasteiger partial charge on any atom is 0.322 e. The second-order valence-electron chi connectivity index (χ2n) is 6.84. The number of aliphatic carboxylic acids is 1. The summed E-state index contributed by atoms with van der Waals surface area (Å²) in [5.41, 5.74) is 6.35. The molecule has 1 saturated heterocycles. The average Bonchev–Trinajstić information content (AvgIpc) is 3.20. The van der Waals surface area contributed by atoms with Gasteiger partial charge in [-0.25, -0.2) is 0 Å². The predicted octanol–water partition coefficient (Wildman–Crippen LogP) is -1.77. The molecule has 0 aromatic heterocycles. The lowest BCUT2D eigenvalue weighted by atomic mass is 10.0. The van der Waals surface area contributed by atoms with Gasteiger partial charge in [0.05, 0.1) is 6.61 Å². The van der Waals surface area contributed by atoms with Crippen molar-refractivity contribution in [1.82, 2.24) is 15.5 Å². The Labute approximate surface area is 168 Å². The van der Waals surface area contributed by atoms with E-state index in [2.05, 4.69) is 10.6 Å². The van der Waals surface area contributed by atoms with Crippen LogP contribution in [-0.4, -0.2) is 76.6 Å². The molecule has 3 atom stereocenters. The van der Waals surface area contributed by atoms with Crippen LogP contribution >= 0.6 is 0 Å². The van der Waals surface area contributed by atoms with Crippen LogP contribution in [-0.2, 0) is 25.6 Å². The Morgan fingerprint density at radius 2 is 1.90 bits per heavy atom. The highest BCUT2D eigenvalue weighted by atomic mass is 16.4. The summed E-state index contributed by atoms with van der Waals surface area (Å²) in [6.07, 6.45) is 1.17. The Kier molecular flexibility index (Phi) is 8.10. The van der Waals surface area contributed by atoms with Crippen LogP contribution in [0, 0.1) is 0 Å². The molecule has 1 aliphatic rings. The lowest BCUT2D eigenvalue weighted by molar-refractivity contribution is -0.143. The van der Waals surface area contributed by atoms with E-state index in [0.717, 1.165) is 5.56 Å². The van der Waals surface area contributed by atoms with Gasteiger partial charge in [-0.2, -0.15) is 0 Å². The molecule has 1 heterocycles. The molecule has 1 fully saturated rings. The van der Waals surface area contributed by atoms with Crippen LogP contribution in [0.5, 0.6) is 0 Å². The van der Waals surface area contributed by atoms with Gasteiger partial charge >= 0.3 is 5.97 Å². The summed E-state index contributed by atoms with van der Waals surface area (Å²) >= 11 is 0. The number of carbonyl (C=O) groups is 4. The zero-order valence-electron chi connectivity index (χ0n) is 15.9. The Balaban J connectivity index is 2.16. The fourth-order valence-corrected chi connectivity index (χ4v) is 3.20. The Bertz CT molecular complexity index is 741. The molecule has 1 aliphatic heterocycles. The van der Waals surface area contributed by atoms with E-state index < -0.39 is 55.0 Å². The second kappa shape index (κ2) is 10.5. The number of nitrogens with one attached hydrogen (secondary N) is 2. The SMILES string of the molecule is NC(CO)C(=O)NC(Cc1ccccc1)C(=O)N1CCCC1C(=O)NCC(=O)O. The van der Waals surface area contributed by atoms with Gasteiger partial charge < -0.3 is 31.5 Å². The van der Waals surface area contributed by atoms with Crippen LogP contribution in [0.4, 0.5) is 0 Å². The van der Waals surface area contributed by atoms with Gasteiger partial charge in [0.25, 0.3) is 0 Å². The van der Waals surface area contributed by atoms with Gasteiger partial charge in [0.15, 0.2) is 0 Å². The van der Waals surface area contributed by atoms with Crippen LogP contribution < -0.4 is 16.4 Å². The van der Waals surface area contributed by atoms with Crippen molar-refractivity contribution < 1.29 is 29.4 Å². The average molecular weight is 406 g/mol. The van der Waals surface area contributed by atoms with E-state index in [-0.39, 0.29) is 6.42 Å². The number of aliphatic hydroxyl groups excluding tert-OH is 1. The number of nitrogens with zero attached hydrogens (tertiary/aromatic N) is 1. The minimum atomic E-state index is -1.18. The molecular formula is C19H26N4O6. The van der Waals surface area contributed by atoms with E-state index in [1.807, 2.05) is 6.07 Å². The number of amides is 3. The van der Waals surface area contributed by atoms with Gasteiger partial charge in [-0.3, -0.25) is 19.2 Å². The molecule has 3 amide bonds. The normalized spacial score (nSPS) is 18.0. The third kappa shape index (κ3) is 6.26. The molecule has 0 bridgehead atoms. The highest BCUT2D eigenvalue weighted by Gasteiger charge is 2.38. The third-order valence-corrected chi connectivity index (χ3v) is 4.68. The van der Waals surface area contributed by atoms with Gasteiger partial charge in [0.2, 0.25) is 17.7 Å². The number of benzene rings is 1. The Hall–Kier alpha value is -2.98. The molecular weight excluding hydrogens is 380 g/mol. The second-order valence-corrected chi connectivity index (χ2v) is 6.84. The lowest BCUT2D eigenvalue weighted by Gasteiger charge is -2.29. The molecule has 6 N–H and O–H groups in total. The van der Waals surface area contributed by atoms with Crippen LogP contribution in [0.15, 0.2) is 30.3 Å². The van der Waals surface area contributed by atoms with E-state index in [1.165, 1.54) is 4.90 Å². The van der Waals surface area contributed by atoms with E-state index >= 15 is 0 Å². The van der Waals surface area contributed by atoms with Crippen molar-refractivity contribution in [1.29, 1.82) is 0 Å². The fourth-order valence-electron chi connectivity index (χ4n) is 3.20. The van der Waals surface area contributed by atoms with Crippen molar-refractivity contribution in [2.45, 2.75) is 37.4 Å². The van der Waals surface area contributed by atoms with Crippen LogP contribution in [0.2, 0.25) is 0 Å². The first-order valence-electron chi connectivity index (χ1n) is 9.34. The van der Waals surface area contributed by atoms with Gasteiger partial charge in [0.1, 0.15) is 24.7 Å². The minimum absolute atomic E-state index is 0.184. The molecule has 10 heteroatoms. The quantitative estimate of drug-likeness (QED) is 0.324. The van der Waals surface area contributed by atoms with Crippen molar-refractivity contribution in [3.8, 4) is 0 Å². The maximum absolute atomic E-state index is 13.2. The number of carbonyl (C=O) groups excluding carboxylic acids is 3. The predicted molar refractivity (Wildman–Crippen MR) is 103 cm³/mol. The molecule has 158 valence electrons. The molecule has 1 aromatic carbocycles. The molecule has 3 unspecified atom stereocenters. The molecule has 10 nitrogen and oxygen atoms in total. The summed E-state index contributed by atoms with van der Waals surface area (Å²) in [6.45, 7) is -0.786. The summed E-state index contributed by atoms with van der Waals surface area (Å²) in [6, 6.07) is 6.09. The highest BCUT2D eigenvalue weighted by Crippen LogP contribution is 2.19. The van der Waals surface area contributed by atoms with Crippen molar-refractivity contribution in [2.24, 2.45) is 5.73 Å².